The molecular formula is C14H26N2OS. The van der Waals surface area contributed by atoms with Crippen molar-refractivity contribution in [3.05, 3.63) is 0 Å². The van der Waals surface area contributed by atoms with E-state index in [1.54, 1.807) is 0 Å². The van der Waals surface area contributed by atoms with Gasteiger partial charge in [0.05, 0.1) is 5.54 Å². The highest BCUT2D eigenvalue weighted by molar-refractivity contribution is 8.00. The van der Waals surface area contributed by atoms with Crippen LogP contribution < -0.4 is 5.32 Å². The van der Waals surface area contributed by atoms with Crippen molar-refractivity contribution in [2.45, 2.75) is 56.7 Å². The predicted octanol–water partition coefficient (Wildman–Crippen LogP) is 2.26. The Morgan fingerprint density at radius 2 is 1.94 bits per heavy atom. The average Bonchev–Trinajstić information content (AvgIpc) is 2.50. The number of carbonyl (C=O) groups excluding carboxylic acids is 1. The third-order valence-electron chi connectivity index (χ3n) is 4.22. The Bertz CT molecular complexity index is 311. The number of rotatable bonds is 1. The Kier molecular flexibility index (Phi) is 4.27. The molecule has 2 rings (SSSR count). The summed E-state index contributed by atoms with van der Waals surface area (Å²) in [5, 5.41) is 3.44. The van der Waals surface area contributed by atoms with Crippen LogP contribution >= 0.6 is 11.8 Å². The molecule has 3 nitrogen and oxygen atoms in total. The number of carbonyl (C=O) groups is 1. The van der Waals surface area contributed by atoms with Gasteiger partial charge in [-0.2, -0.15) is 11.8 Å². The van der Waals surface area contributed by atoms with Gasteiger partial charge in [-0.3, -0.25) is 4.79 Å². The van der Waals surface area contributed by atoms with Crippen LogP contribution in [0.2, 0.25) is 0 Å². The van der Waals surface area contributed by atoms with Crippen LogP contribution in [0.5, 0.6) is 0 Å². The summed E-state index contributed by atoms with van der Waals surface area (Å²) in [6.45, 7) is 9.45. The molecule has 0 aromatic heterocycles. The van der Waals surface area contributed by atoms with Crippen LogP contribution in [0, 0.1) is 0 Å². The van der Waals surface area contributed by atoms with Gasteiger partial charge >= 0.3 is 0 Å². The molecule has 4 heteroatoms. The predicted molar refractivity (Wildman–Crippen MR) is 78.0 cm³/mol. The summed E-state index contributed by atoms with van der Waals surface area (Å²) in [4.78, 5) is 14.8. The Morgan fingerprint density at radius 1 is 1.17 bits per heavy atom. The van der Waals surface area contributed by atoms with Gasteiger partial charge in [0.1, 0.15) is 0 Å². The standard InChI is InChI=1S/C14H26N2OS/c1-13(2)7-9-16(10-11-18-13)12(17)14(3)6-4-5-8-15-14/h15H,4-11H2,1-3H3. The van der Waals surface area contributed by atoms with E-state index in [1.165, 1.54) is 12.8 Å². The molecule has 1 unspecified atom stereocenters. The lowest BCUT2D eigenvalue weighted by molar-refractivity contribution is -0.138. The molecule has 2 aliphatic heterocycles. The summed E-state index contributed by atoms with van der Waals surface area (Å²) < 4.78 is 0.315. The van der Waals surface area contributed by atoms with Crippen LogP contribution in [0.15, 0.2) is 0 Å². The highest BCUT2D eigenvalue weighted by atomic mass is 32.2. The third kappa shape index (κ3) is 3.21. The number of hydrogen-bond acceptors (Lipinski definition) is 3. The SMILES string of the molecule is CC1(C)CCN(C(=O)C2(C)CCCCN2)CCS1. The molecule has 2 heterocycles. The summed E-state index contributed by atoms with van der Waals surface area (Å²) in [7, 11) is 0. The fraction of sp³-hybridized carbons (Fsp3) is 0.929. The summed E-state index contributed by atoms with van der Waals surface area (Å²) >= 11 is 1.99. The molecular weight excluding hydrogens is 244 g/mol. The fourth-order valence-electron chi connectivity index (χ4n) is 2.81. The molecule has 0 spiro atoms. The van der Waals surface area contributed by atoms with Crippen molar-refractivity contribution in [2.75, 3.05) is 25.4 Å². The van der Waals surface area contributed by atoms with E-state index in [-0.39, 0.29) is 5.54 Å². The average molecular weight is 270 g/mol. The number of nitrogens with zero attached hydrogens (tertiary/aromatic N) is 1. The molecule has 0 radical (unpaired) electrons. The lowest BCUT2D eigenvalue weighted by Crippen LogP contribution is -2.58. The minimum absolute atomic E-state index is 0.308. The summed E-state index contributed by atoms with van der Waals surface area (Å²) in [5.41, 5.74) is -0.308. The second kappa shape index (κ2) is 5.41. The lowest BCUT2D eigenvalue weighted by atomic mass is 9.89. The van der Waals surface area contributed by atoms with Crippen molar-refractivity contribution in [1.29, 1.82) is 0 Å². The summed E-state index contributed by atoms with van der Waals surface area (Å²) in [5.74, 6) is 1.38. The van der Waals surface area contributed by atoms with Crippen LogP contribution in [0.1, 0.15) is 46.5 Å². The third-order valence-corrected chi connectivity index (χ3v) is 5.59. The van der Waals surface area contributed by atoms with Crippen LogP contribution in [0.25, 0.3) is 0 Å². The van der Waals surface area contributed by atoms with Gasteiger partial charge in [0.15, 0.2) is 0 Å². The topological polar surface area (TPSA) is 32.3 Å². The lowest BCUT2D eigenvalue weighted by Gasteiger charge is -2.37. The first-order chi connectivity index (χ1) is 8.43. The molecule has 0 saturated carbocycles. The zero-order valence-electron chi connectivity index (χ0n) is 11.9. The van der Waals surface area contributed by atoms with Gasteiger partial charge in [-0.05, 0) is 39.2 Å². The van der Waals surface area contributed by atoms with E-state index in [2.05, 4.69) is 31.0 Å². The quantitative estimate of drug-likeness (QED) is 0.793. The molecule has 2 saturated heterocycles. The minimum Gasteiger partial charge on any atom is -0.340 e. The smallest absolute Gasteiger partial charge is 0.242 e. The summed E-state index contributed by atoms with van der Waals surface area (Å²) in [6.07, 6.45) is 4.45. The van der Waals surface area contributed by atoms with E-state index in [0.717, 1.165) is 38.2 Å². The largest absolute Gasteiger partial charge is 0.340 e. The van der Waals surface area contributed by atoms with Crippen molar-refractivity contribution in [3.8, 4) is 0 Å². The van der Waals surface area contributed by atoms with E-state index < -0.39 is 0 Å². The first-order valence-corrected chi connectivity index (χ1v) is 8.10. The molecule has 1 amide bonds. The fourth-order valence-corrected chi connectivity index (χ4v) is 3.91. The zero-order valence-corrected chi connectivity index (χ0v) is 12.7. The van der Waals surface area contributed by atoms with Crippen molar-refractivity contribution in [1.82, 2.24) is 10.2 Å². The van der Waals surface area contributed by atoms with Crippen LogP contribution in [0.3, 0.4) is 0 Å². The van der Waals surface area contributed by atoms with E-state index in [9.17, 15) is 4.79 Å². The van der Waals surface area contributed by atoms with Crippen molar-refractivity contribution in [2.24, 2.45) is 0 Å². The van der Waals surface area contributed by atoms with Gasteiger partial charge in [0.2, 0.25) is 5.91 Å². The molecule has 18 heavy (non-hydrogen) atoms. The maximum Gasteiger partial charge on any atom is 0.242 e. The molecule has 104 valence electrons. The maximum absolute atomic E-state index is 12.7. The second-order valence-electron chi connectivity index (χ2n) is 6.37. The monoisotopic (exact) mass is 270 g/mol. The Hall–Kier alpha value is -0.220. The molecule has 0 aromatic rings. The van der Waals surface area contributed by atoms with Crippen LogP contribution in [-0.2, 0) is 4.79 Å². The molecule has 1 atom stereocenters. The van der Waals surface area contributed by atoms with Gasteiger partial charge in [-0.15, -0.1) is 0 Å². The molecule has 1 N–H and O–H groups in total. The number of amides is 1. The van der Waals surface area contributed by atoms with E-state index in [4.69, 9.17) is 0 Å². The van der Waals surface area contributed by atoms with Crippen LogP contribution in [0.4, 0.5) is 0 Å². The molecule has 2 fully saturated rings. The maximum atomic E-state index is 12.7. The first-order valence-electron chi connectivity index (χ1n) is 7.11. The highest BCUT2D eigenvalue weighted by Crippen LogP contribution is 2.32. The number of piperidine rings is 1. The first kappa shape index (κ1) is 14.2. The van der Waals surface area contributed by atoms with Crippen molar-refractivity contribution in [3.63, 3.8) is 0 Å². The Morgan fingerprint density at radius 3 is 2.61 bits per heavy atom. The number of thioether (sulfide) groups is 1. The molecule has 0 bridgehead atoms. The number of hydrogen-bond donors (Lipinski definition) is 1. The zero-order chi connectivity index (χ0) is 13.2. The summed E-state index contributed by atoms with van der Waals surface area (Å²) in [6, 6.07) is 0. The van der Waals surface area contributed by atoms with Gasteiger partial charge in [-0.1, -0.05) is 13.8 Å². The van der Waals surface area contributed by atoms with Gasteiger partial charge < -0.3 is 10.2 Å². The van der Waals surface area contributed by atoms with Crippen molar-refractivity contribution < 1.29 is 4.79 Å². The Labute approximate surface area is 115 Å². The Balaban J connectivity index is 2.00. The molecule has 2 aliphatic rings. The minimum atomic E-state index is -0.308. The highest BCUT2D eigenvalue weighted by Gasteiger charge is 2.38. The van der Waals surface area contributed by atoms with Gasteiger partial charge in [0, 0.05) is 23.6 Å². The number of nitrogens with one attached hydrogen (secondary N) is 1. The van der Waals surface area contributed by atoms with Crippen LogP contribution in [-0.4, -0.2) is 46.5 Å². The van der Waals surface area contributed by atoms with E-state index in [0.29, 0.717) is 10.7 Å². The van der Waals surface area contributed by atoms with Crippen molar-refractivity contribution >= 4 is 17.7 Å². The van der Waals surface area contributed by atoms with E-state index in [1.807, 2.05) is 11.8 Å². The normalized spacial score (nSPS) is 32.9. The molecule has 0 aromatic carbocycles. The second-order valence-corrected chi connectivity index (χ2v) is 8.17. The van der Waals surface area contributed by atoms with Gasteiger partial charge in [-0.25, -0.2) is 0 Å². The van der Waals surface area contributed by atoms with Gasteiger partial charge in [0.25, 0.3) is 0 Å². The van der Waals surface area contributed by atoms with E-state index >= 15 is 0 Å². The molecule has 0 aliphatic carbocycles.